The van der Waals surface area contributed by atoms with Gasteiger partial charge in [0.25, 0.3) is 0 Å². The van der Waals surface area contributed by atoms with Gasteiger partial charge in [0.05, 0.1) is 5.92 Å². The first-order valence-corrected chi connectivity index (χ1v) is 7.35. The average Bonchev–Trinajstić information content (AvgIpc) is 2.20. The molecule has 2 N–H and O–H groups in total. The molecule has 0 aromatic heterocycles. The van der Waals surface area contributed by atoms with Crippen molar-refractivity contribution >= 4 is 21.7 Å². The molecule has 0 fully saturated rings. The van der Waals surface area contributed by atoms with Crippen molar-refractivity contribution in [2.75, 3.05) is 12.8 Å². The highest BCUT2D eigenvalue weighted by molar-refractivity contribution is 7.92. The van der Waals surface area contributed by atoms with Crippen LogP contribution in [0.4, 0.5) is 0 Å². The molecule has 17 heavy (non-hydrogen) atoms. The molecule has 0 bridgehead atoms. The van der Waals surface area contributed by atoms with Crippen LogP contribution in [0.15, 0.2) is 0 Å². The number of amides is 1. The lowest BCUT2D eigenvalue weighted by atomic mass is 10.0. The maximum absolute atomic E-state index is 11.4. The van der Waals surface area contributed by atoms with Crippen molar-refractivity contribution in [1.82, 2.24) is 5.32 Å². The van der Waals surface area contributed by atoms with Gasteiger partial charge >= 0.3 is 5.97 Å². The number of sulfone groups is 1. The Morgan fingerprint density at radius 3 is 2.24 bits per heavy atom. The summed E-state index contributed by atoms with van der Waals surface area (Å²) in [6, 6.07) is 0. The van der Waals surface area contributed by atoms with Crippen molar-refractivity contribution < 1.29 is 23.1 Å². The fourth-order valence-corrected chi connectivity index (χ4v) is 1.70. The maximum atomic E-state index is 11.4. The van der Waals surface area contributed by atoms with E-state index in [-0.39, 0.29) is 6.54 Å². The van der Waals surface area contributed by atoms with Crippen LogP contribution in [0.5, 0.6) is 0 Å². The largest absolute Gasteiger partial charge is 0.481 e. The van der Waals surface area contributed by atoms with Gasteiger partial charge in [-0.3, -0.25) is 9.59 Å². The van der Waals surface area contributed by atoms with Crippen molar-refractivity contribution in [1.29, 1.82) is 0 Å². The average molecular weight is 265 g/mol. The lowest BCUT2D eigenvalue weighted by Crippen LogP contribution is -2.41. The Kier molecular flexibility index (Phi) is 6.15. The molecule has 0 radical (unpaired) electrons. The van der Waals surface area contributed by atoms with Crippen molar-refractivity contribution in [3.8, 4) is 0 Å². The summed E-state index contributed by atoms with van der Waals surface area (Å²) in [6.07, 6.45) is 2.11. The Balaban J connectivity index is 4.36. The minimum atomic E-state index is -3.44. The van der Waals surface area contributed by atoms with Gasteiger partial charge in [0, 0.05) is 12.8 Å². The van der Waals surface area contributed by atoms with Crippen LogP contribution in [-0.2, 0) is 19.4 Å². The summed E-state index contributed by atoms with van der Waals surface area (Å²) in [5, 5.41) is 10.0. The first kappa shape index (κ1) is 15.9. The molecule has 100 valence electrons. The van der Waals surface area contributed by atoms with E-state index in [9.17, 15) is 18.0 Å². The number of carboxylic acids is 1. The van der Waals surface area contributed by atoms with Crippen molar-refractivity contribution in [2.24, 2.45) is 5.92 Å². The fraction of sp³-hybridized carbons (Fsp3) is 0.800. The molecule has 0 saturated heterocycles. The molecule has 0 rings (SSSR count). The van der Waals surface area contributed by atoms with E-state index in [0.29, 0.717) is 12.8 Å². The van der Waals surface area contributed by atoms with Gasteiger partial charge in [0.2, 0.25) is 5.91 Å². The number of aliphatic carboxylic acids is 1. The number of carboxylic acid groups (broad SMARTS) is 1. The number of hydrogen-bond donors (Lipinski definition) is 2. The minimum Gasteiger partial charge on any atom is -0.481 e. The minimum absolute atomic E-state index is 0.0398. The molecule has 0 aliphatic rings. The van der Waals surface area contributed by atoms with Gasteiger partial charge in [-0.05, 0) is 13.3 Å². The molecule has 0 aromatic rings. The third-order valence-corrected chi connectivity index (χ3v) is 4.02. The van der Waals surface area contributed by atoms with Crippen LogP contribution in [0, 0.1) is 5.92 Å². The molecule has 0 spiro atoms. The van der Waals surface area contributed by atoms with Crippen LogP contribution in [0.2, 0.25) is 0 Å². The summed E-state index contributed by atoms with van der Waals surface area (Å²) in [4.78, 5) is 22.2. The smallest absolute Gasteiger partial charge is 0.308 e. The highest BCUT2D eigenvalue weighted by atomic mass is 32.2. The number of nitrogens with one attached hydrogen (secondary N) is 1. The quantitative estimate of drug-likeness (QED) is 0.676. The normalized spacial score (nSPS) is 15.0. The second kappa shape index (κ2) is 6.58. The van der Waals surface area contributed by atoms with E-state index in [1.54, 1.807) is 0 Å². The molecule has 2 atom stereocenters. The molecule has 1 amide bonds. The number of carbonyl (C=O) groups is 2. The van der Waals surface area contributed by atoms with Crippen LogP contribution in [-0.4, -0.2) is 43.5 Å². The lowest BCUT2D eigenvalue weighted by molar-refractivity contribution is -0.141. The Bertz CT molecular complexity index is 376. The van der Waals surface area contributed by atoms with Crippen LogP contribution >= 0.6 is 0 Å². The number of carbonyl (C=O) groups excluding carboxylic acids is 1. The fourth-order valence-electron chi connectivity index (χ4n) is 1.22. The van der Waals surface area contributed by atoms with E-state index in [2.05, 4.69) is 5.32 Å². The summed E-state index contributed by atoms with van der Waals surface area (Å²) in [5.41, 5.74) is 0. The van der Waals surface area contributed by atoms with Crippen LogP contribution in [0.25, 0.3) is 0 Å². The van der Waals surface area contributed by atoms with E-state index < -0.39 is 32.9 Å². The third-order valence-electron chi connectivity index (χ3n) is 2.52. The molecule has 6 nitrogen and oxygen atoms in total. The summed E-state index contributed by atoms with van der Waals surface area (Å²) in [7, 11) is -3.44. The number of rotatable bonds is 7. The van der Waals surface area contributed by atoms with Gasteiger partial charge in [-0.1, -0.05) is 13.3 Å². The predicted octanol–water partition coefficient (Wildman–Crippen LogP) is 0.0366. The van der Waals surface area contributed by atoms with Crippen molar-refractivity contribution in [2.45, 2.75) is 31.9 Å². The van der Waals surface area contributed by atoms with Gasteiger partial charge in [0.1, 0.15) is 5.25 Å². The summed E-state index contributed by atoms with van der Waals surface area (Å²) in [6.45, 7) is 3.08. The van der Waals surface area contributed by atoms with Gasteiger partial charge < -0.3 is 10.4 Å². The van der Waals surface area contributed by atoms with E-state index in [1.165, 1.54) is 6.92 Å². The highest BCUT2D eigenvalue weighted by Crippen LogP contribution is 2.06. The number of hydrogen-bond acceptors (Lipinski definition) is 4. The third kappa shape index (κ3) is 5.67. The molecule has 0 aliphatic heterocycles. The Labute approximate surface area is 101 Å². The molecule has 0 aliphatic carbocycles. The molecular weight excluding hydrogens is 246 g/mol. The van der Waals surface area contributed by atoms with Crippen LogP contribution < -0.4 is 5.32 Å². The zero-order chi connectivity index (χ0) is 13.6. The van der Waals surface area contributed by atoms with Gasteiger partial charge in [0.15, 0.2) is 9.84 Å². The highest BCUT2D eigenvalue weighted by Gasteiger charge is 2.25. The summed E-state index contributed by atoms with van der Waals surface area (Å²) < 4.78 is 22.2. The Morgan fingerprint density at radius 1 is 1.35 bits per heavy atom. The standard InChI is InChI=1S/C10H19NO5S/c1-4-5-8(10(13)14)6-11-9(12)7(2)17(3,15)16/h7-8H,4-6H2,1-3H3,(H,11,12)(H,13,14). The molecule has 2 unspecified atom stereocenters. The van der Waals surface area contributed by atoms with E-state index >= 15 is 0 Å². The van der Waals surface area contributed by atoms with Crippen molar-refractivity contribution in [3.63, 3.8) is 0 Å². The first-order chi connectivity index (χ1) is 7.70. The van der Waals surface area contributed by atoms with Gasteiger partial charge in [-0.15, -0.1) is 0 Å². The first-order valence-electron chi connectivity index (χ1n) is 5.39. The summed E-state index contributed by atoms with van der Waals surface area (Å²) in [5.74, 6) is -2.32. The van der Waals surface area contributed by atoms with Crippen LogP contribution in [0.3, 0.4) is 0 Å². The van der Waals surface area contributed by atoms with E-state index in [1.807, 2.05) is 6.92 Å². The molecule has 7 heteroatoms. The molecule has 0 heterocycles. The van der Waals surface area contributed by atoms with Crippen molar-refractivity contribution in [3.05, 3.63) is 0 Å². The zero-order valence-corrected chi connectivity index (χ0v) is 11.1. The monoisotopic (exact) mass is 265 g/mol. The topological polar surface area (TPSA) is 101 Å². The molecular formula is C10H19NO5S. The second-order valence-corrected chi connectivity index (χ2v) is 6.41. The molecule has 0 saturated carbocycles. The Hall–Kier alpha value is -1.11. The van der Waals surface area contributed by atoms with Gasteiger partial charge in [-0.2, -0.15) is 0 Å². The van der Waals surface area contributed by atoms with Gasteiger partial charge in [-0.25, -0.2) is 8.42 Å². The maximum Gasteiger partial charge on any atom is 0.308 e. The SMILES string of the molecule is CCCC(CNC(=O)C(C)S(C)(=O)=O)C(=O)O. The van der Waals surface area contributed by atoms with E-state index in [0.717, 1.165) is 6.26 Å². The summed E-state index contributed by atoms with van der Waals surface area (Å²) >= 11 is 0. The second-order valence-electron chi connectivity index (χ2n) is 4.04. The lowest BCUT2D eigenvalue weighted by Gasteiger charge is -2.14. The molecule has 0 aromatic carbocycles. The Morgan fingerprint density at radius 2 is 1.88 bits per heavy atom. The zero-order valence-electron chi connectivity index (χ0n) is 10.3. The van der Waals surface area contributed by atoms with E-state index in [4.69, 9.17) is 5.11 Å². The predicted molar refractivity (Wildman–Crippen MR) is 63.3 cm³/mol. The van der Waals surface area contributed by atoms with Crippen LogP contribution in [0.1, 0.15) is 26.7 Å².